The molecule has 0 rings (SSSR count). The normalized spacial score (nSPS) is 7.85. The SMILES string of the molecule is O=C([O-])C(=O)[O-].O=S(=O)([O-])[O-].[Co+3].[NH4+]. The molecule has 0 heterocycles. The second-order valence-electron chi connectivity index (χ2n) is 0.983. The van der Waals surface area contributed by atoms with Crippen molar-refractivity contribution in [2.75, 3.05) is 0 Å². The molecule has 0 unspecified atom stereocenters. The van der Waals surface area contributed by atoms with Gasteiger partial charge in [-0.3, -0.25) is 8.42 Å². The van der Waals surface area contributed by atoms with Crippen molar-refractivity contribution < 1.29 is 54.1 Å². The molecule has 0 aromatic heterocycles. The number of aliphatic carboxylic acids is 2. The van der Waals surface area contributed by atoms with E-state index in [2.05, 4.69) is 0 Å². The van der Waals surface area contributed by atoms with Gasteiger partial charge in [0, 0.05) is 10.4 Å². The van der Waals surface area contributed by atoms with Crippen molar-refractivity contribution in [2.45, 2.75) is 0 Å². The van der Waals surface area contributed by atoms with E-state index in [1.807, 2.05) is 0 Å². The van der Waals surface area contributed by atoms with Crippen LogP contribution in [0.5, 0.6) is 0 Å². The third-order valence-corrected chi connectivity index (χ3v) is 0.167. The van der Waals surface area contributed by atoms with Gasteiger partial charge in [0.2, 0.25) is 0 Å². The molecule has 0 aliphatic heterocycles. The van der Waals surface area contributed by atoms with Gasteiger partial charge in [-0.25, -0.2) is 0 Å². The van der Waals surface area contributed by atoms with Crippen molar-refractivity contribution in [3.8, 4) is 0 Å². The summed E-state index contributed by atoms with van der Waals surface area (Å²) >= 11 is 0. The Morgan fingerprint density at radius 1 is 0.923 bits per heavy atom. The van der Waals surface area contributed by atoms with Crippen LogP contribution in [-0.4, -0.2) is 29.5 Å². The fourth-order valence-corrected chi connectivity index (χ4v) is 0. The van der Waals surface area contributed by atoms with Gasteiger partial charge in [-0.1, -0.05) is 0 Å². The van der Waals surface area contributed by atoms with Gasteiger partial charge in [0.1, 0.15) is 0 Å². The first-order valence-corrected chi connectivity index (χ1v) is 3.07. The number of hydrogen-bond acceptors (Lipinski definition) is 8. The molecular formula is C2H4CoNO8S. The van der Waals surface area contributed by atoms with Crippen LogP contribution in [0.3, 0.4) is 0 Å². The molecule has 0 aliphatic rings. The Hall–Kier alpha value is -0.724. The number of carboxylic acids is 2. The number of quaternary nitrogens is 1. The van der Waals surface area contributed by atoms with Gasteiger partial charge in [0.15, 0.2) is 0 Å². The topological polar surface area (TPSA) is 197 Å². The van der Waals surface area contributed by atoms with E-state index in [9.17, 15) is 0 Å². The maximum atomic E-state index is 8.93. The van der Waals surface area contributed by atoms with Crippen LogP contribution < -0.4 is 16.4 Å². The zero-order valence-electron chi connectivity index (χ0n) is 6.01. The van der Waals surface area contributed by atoms with E-state index in [4.69, 9.17) is 37.3 Å². The Labute approximate surface area is 83.1 Å². The zero-order valence-corrected chi connectivity index (χ0v) is 7.87. The smallest absolute Gasteiger partial charge is 0.759 e. The summed E-state index contributed by atoms with van der Waals surface area (Å²) in [4.78, 5) is 17.9. The van der Waals surface area contributed by atoms with Crippen molar-refractivity contribution in [1.29, 1.82) is 0 Å². The number of carbonyl (C=O) groups excluding carboxylic acids is 2. The van der Waals surface area contributed by atoms with E-state index in [0.29, 0.717) is 0 Å². The summed E-state index contributed by atoms with van der Waals surface area (Å²) in [5.41, 5.74) is 0. The van der Waals surface area contributed by atoms with E-state index >= 15 is 0 Å². The van der Waals surface area contributed by atoms with Crippen molar-refractivity contribution in [3.05, 3.63) is 0 Å². The van der Waals surface area contributed by atoms with Crippen LogP contribution >= 0.6 is 0 Å². The number of carbonyl (C=O) groups is 2. The Morgan fingerprint density at radius 3 is 1.00 bits per heavy atom. The Morgan fingerprint density at radius 2 is 1.00 bits per heavy atom. The first-order valence-electron chi connectivity index (χ1n) is 1.73. The van der Waals surface area contributed by atoms with Crippen LogP contribution in [-0.2, 0) is 36.8 Å². The van der Waals surface area contributed by atoms with E-state index in [0.717, 1.165) is 0 Å². The molecule has 9 nitrogen and oxygen atoms in total. The fourth-order valence-electron chi connectivity index (χ4n) is 0. The molecule has 0 saturated carbocycles. The van der Waals surface area contributed by atoms with Crippen molar-refractivity contribution >= 4 is 22.3 Å². The predicted octanol–water partition coefficient (Wildman–Crippen LogP) is -4.48. The van der Waals surface area contributed by atoms with Crippen LogP contribution in [0.2, 0.25) is 0 Å². The first-order chi connectivity index (χ1) is 4.64. The number of carboxylic acid groups (broad SMARTS) is 2. The molecular weight excluding hydrogens is 257 g/mol. The molecule has 0 aromatic rings. The average molecular weight is 261 g/mol. The second kappa shape index (κ2) is 9.37. The summed E-state index contributed by atoms with van der Waals surface area (Å²) in [7, 11) is -5.17. The summed E-state index contributed by atoms with van der Waals surface area (Å²) < 4.78 is 34.1. The molecule has 80 valence electrons. The number of rotatable bonds is 0. The number of hydrogen-bond donors (Lipinski definition) is 1. The third-order valence-electron chi connectivity index (χ3n) is 0.167. The molecule has 0 spiro atoms. The molecule has 0 fully saturated rings. The largest absolute Gasteiger partial charge is 3.00 e. The van der Waals surface area contributed by atoms with Gasteiger partial charge in [0.25, 0.3) is 0 Å². The van der Waals surface area contributed by atoms with Crippen LogP contribution in [0.25, 0.3) is 0 Å². The van der Waals surface area contributed by atoms with Crippen molar-refractivity contribution in [1.82, 2.24) is 6.15 Å². The summed E-state index contributed by atoms with van der Waals surface area (Å²) in [6.07, 6.45) is 0. The summed E-state index contributed by atoms with van der Waals surface area (Å²) in [6, 6.07) is 0. The van der Waals surface area contributed by atoms with E-state index in [1.165, 1.54) is 0 Å². The maximum Gasteiger partial charge on any atom is 3.00 e. The van der Waals surface area contributed by atoms with E-state index in [-0.39, 0.29) is 22.9 Å². The molecule has 0 amide bonds. The van der Waals surface area contributed by atoms with Crippen LogP contribution in [0.4, 0.5) is 0 Å². The van der Waals surface area contributed by atoms with E-state index < -0.39 is 22.3 Å². The Kier molecular flexibility index (Phi) is 16.4. The van der Waals surface area contributed by atoms with Crippen LogP contribution in [0.1, 0.15) is 0 Å². The van der Waals surface area contributed by atoms with Gasteiger partial charge in [-0.2, -0.15) is 0 Å². The third kappa shape index (κ3) is 90.4. The Bertz CT molecular complexity index is 225. The standard InChI is InChI=1S/C2H2O4.Co.H3N.H2O4S/c3-1(4)2(5)6;;;1-5(2,3)4/h(H,3,4)(H,5,6);;1H3;(H2,1,2,3,4)/q;+3;;/p-3. The van der Waals surface area contributed by atoms with Crippen LogP contribution in [0.15, 0.2) is 0 Å². The second-order valence-corrected chi connectivity index (χ2v) is 1.80. The van der Waals surface area contributed by atoms with E-state index in [1.54, 1.807) is 0 Å². The van der Waals surface area contributed by atoms with Crippen LogP contribution in [0, 0.1) is 0 Å². The summed E-state index contributed by atoms with van der Waals surface area (Å²) in [6.45, 7) is 0. The quantitative estimate of drug-likeness (QED) is 0.255. The summed E-state index contributed by atoms with van der Waals surface area (Å²) in [5.74, 6) is -4.37. The Balaban J connectivity index is -0.0000000546. The maximum absolute atomic E-state index is 8.93. The molecule has 0 radical (unpaired) electrons. The average Bonchev–Trinajstić information content (AvgIpc) is 1.59. The van der Waals surface area contributed by atoms with Gasteiger partial charge >= 0.3 is 16.8 Å². The monoisotopic (exact) mass is 261 g/mol. The fraction of sp³-hybridized carbons (Fsp3) is 0. The molecule has 0 bridgehead atoms. The summed E-state index contributed by atoms with van der Waals surface area (Å²) in [5, 5.41) is 17.9. The molecule has 0 aliphatic carbocycles. The minimum Gasteiger partial charge on any atom is -0.759 e. The molecule has 11 heteroatoms. The molecule has 4 N–H and O–H groups in total. The minimum absolute atomic E-state index is 0. The molecule has 13 heavy (non-hydrogen) atoms. The predicted molar refractivity (Wildman–Crippen MR) is 26.5 cm³/mol. The zero-order chi connectivity index (χ0) is 9.65. The van der Waals surface area contributed by atoms with Gasteiger partial charge in [-0.05, 0) is 0 Å². The van der Waals surface area contributed by atoms with Crippen molar-refractivity contribution in [2.24, 2.45) is 0 Å². The van der Waals surface area contributed by atoms with Gasteiger partial charge in [0.05, 0.1) is 11.9 Å². The van der Waals surface area contributed by atoms with Gasteiger partial charge in [-0.15, -0.1) is 0 Å². The molecule has 0 atom stereocenters. The first kappa shape index (κ1) is 22.8. The van der Waals surface area contributed by atoms with Crippen molar-refractivity contribution in [3.63, 3.8) is 0 Å². The minimum atomic E-state index is -5.17. The molecule has 0 saturated heterocycles. The molecule has 0 aromatic carbocycles. The van der Waals surface area contributed by atoms with Gasteiger partial charge < -0.3 is 35.1 Å².